The average molecular weight is 432 g/mol. The van der Waals surface area contributed by atoms with Crippen LogP contribution in [0.4, 0.5) is 0 Å². The fourth-order valence-electron chi connectivity index (χ4n) is 3.77. The molecule has 2 N–H and O–H groups in total. The molecule has 0 saturated carbocycles. The average Bonchev–Trinajstić information content (AvgIpc) is 3.11. The minimum absolute atomic E-state index is 0.0943. The first-order chi connectivity index (χ1) is 14.0. The number of ether oxygens (including phenoxy) is 1. The van der Waals surface area contributed by atoms with Gasteiger partial charge in [0.1, 0.15) is 5.75 Å². The molecule has 2 heterocycles. The van der Waals surface area contributed by atoms with E-state index in [1.54, 1.807) is 0 Å². The maximum absolute atomic E-state index is 11.9. The maximum Gasteiger partial charge on any atom is 0.279 e. The first kappa shape index (κ1) is 20.3. The minimum Gasteiger partial charge on any atom is -0.431 e. The third kappa shape index (κ3) is 5.54. The summed E-state index contributed by atoms with van der Waals surface area (Å²) >= 11 is 1.52. The van der Waals surface area contributed by atoms with Crippen molar-refractivity contribution in [3.8, 4) is 10.9 Å². The molecule has 1 aromatic heterocycles. The molecule has 0 amide bonds. The van der Waals surface area contributed by atoms with E-state index in [2.05, 4.69) is 15.0 Å². The second kappa shape index (κ2) is 8.79. The summed E-state index contributed by atoms with van der Waals surface area (Å²) in [6, 6.07) is 15.7. The summed E-state index contributed by atoms with van der Waals surface area (Å²) in [5.41, 5.74) is 2.02. The van der Waals surface area contributed by atoms with Gasteiger partial charge in [-0.25, -0.2) is 18.1 Å². The Kier molecular flexibility index (Phi) is 6.15. The molecule has 154 valence electrons. The van der Waals surface area contributed by atoms with Crippen LogP contribution >= 0.6 is 11.3 Å². The van der Waals surface area contributed by atoms with Gasteiger partial charge in [-0.05, 0) is 68.1 Å². The molecule has 2 aromatic carbocycles. The first-order valence-electron chi connectivity index (χ1n) is 9.77. The largest absolute Gasteiger partial charge is 0.431 e. The Labute approximate surface area is 175 Å². The molecule has 4 rings (SSSR count). The van der Waals surface area contributed by atoms with Crippen molar-refractivity contribution in [2.75, 3.05) is 19.3 Å². The number of thiazole rings is 1. The van der Waals surface area contributed by atoms with E-state index in [1.807, 2.05) is 48.5 Å². The van der Waals surface area contributed by atoms with E-state index in [4.69, 9.17) is 4.74 Å². The smallest absolute Gasteiger partial charge is 0.279 e. The number of piperidine rings is 1. The van der Waals surface area contributed by atoms with Gasteiger partial charge in [-0.15, -0.1) is 0 Å². The Morgan fingerprint density at radius 3 is 2.59 bits per heavy atom. The van der Waals surface area contributed by atoms with Crippen molar-refractivity contribution in [2.24, 2.45) is 5.92 Å². The van der Waals surface area contributed by atoms with Crippen LogP contribution in [0.3, 0.4) is 0 Å². The summed E-state index contributed by atoms with van der Waals surface area (Å²) < 4.78 is 33.6. The van der Waals surface area contributed by atoms with Crippen LogP contribution in [0.1, 0.15) is 18.4 Å². The van der Waals surface area contributed by atoms with E-state index >= 15 is 0 Å². The molecule has 1 aliphatic rings. The SMILES string of the molecule is CS(=O)(=O)NC(Cc1ccc(Oc2nc3ccccc3s2)cc1)C1CCNCC1. The van der Waals surface area contributed by atoms with Crippen molar-refractivity contribution >= 4 is 31.6 Å². The van der Waals surface area contributed by atoms with Crippen LogP contribution in [-0.4, -0.2) is 38.8 Å². The molecule has 0 spiro atoms. The van der Waals surface area contributed by atoms with E-state index in [0.717, 1.165) is 47.5 Å². The topological polar surface area (TPSA) is 80.3 Å². The van der Waals surface area contributed by atoms with E-state index in [1.165, 1.54) is 17.6 Å². The number of nitrogens with one attached hydrogen (secondary N) is 2. The van der Waals surface area contributed by atoms with Crippen molar-refractivity contribution in [3.63, 3.8) is 0 Å². The Balaban J connectivity index is 1.45. The zero-order valence-electron chi connectivity index (χ0n) is 16.3. The van der Waals surface area contributed by atoms with E-state index in [-0.39, 0.29) is 6.04 Å². The fourth-order valence-corrected chi connectivity index (χ4v) is 5.43. The van der Waals surface area contributed by atoms with Gasteiger partial charge < -0.3 is 10.1 Å². The normalized spacial score (nSPS) is 16.7. The molecule has 0 aliphatic carbocycles. The number of nitrogens with zero attached hydrogens (tertiary/aromatic N) is 1. The quantitative estimate of drug-likeness (QED) is 0.598. The zero-order valence-corrected chi connectivity index (χ0v) is 17.9. The molecule has 6 nitrogen and oxygen atoms in total. The van der Waals surface area contributed by atoms with E-state index in [9.17, 15) is 8.42 Å². The lowest BCUT2D eigenvalue weighted by Gasteiger charge is -2.31. The van der Waals surface area contributed by atoms with Crippen LogP contribution in [0.5, 0.6) is 10.9 Å². The summed E-state index contributed by atoms with van der Waals surface area (Å²) in [4.78, 5) is 4.49. The van der Waals surface area contributed by atoms with Gasteiger partial charge >= 0.3 is 0 Å². The lowest BCUT2D eigenvalue weighted by molar-refractivity contribution is 0.301. The second-order valence-corrected chi connectivity index (χ2v) is 10.3. The van der Waals surface area contributed by atoms with Crippen molar-refractivity contribution < 1.29 is 13.2 Å². The van der Waals surface area contributed by atoms with Gasteiger partial charge in [0.2, 0.25) is 10.0 Å². The third-order valence-corrected chi connectivity index (χ3v) is 6.82. The van der Waals surface area contributed by atoms with Gasteiger partial charge in [0.25, 0.3) is 5.19 Å². The molecule has 29 heavy (non-hydrogen) atoms. The molecular formula is C21H25N3O3S2. The lowest BCUT2D eigenvalue weighted by atomic mass is 9.87. The molecule has 1 unspecified atom stereocenters. The first-order valence-corrected chi connectivity index (χ1v) is 12.5. The molecule has 1 saturated heterocycles. The summed E-state index contributed by atoms with van der Waals surface area (Å²) in [5.74, 6) is 1.06. The summed E-state index contributed by atoms with van der Waals surface area (Å²) in [7, 11) is -3.26. The van der Waals surface area contributed by atoms with Crippen molar-refractivity contribution in [2.45, 2.75) is 25.3 Å². The van der Waals surface area contributed by atoms with Gasteiger partial charge in [0.05, 0.1) is 16.5 Å². The van der Waals surface area contributed by atoms with Crippen LogP contribution < -0.4 is 14.8 Å². The fraction of sp³-hybridized carbons (Fsp3) is 0.381. The second-order valence-electron chi connectivity index (χ2n) is 7.48. The van der Waals surface area contributed by atoms with Crippen LogP contribution in [-0.2, 0) is 16.4 Å². The van der Waals surface area contributed by atoms with Gasteiger partial charge in [0, 0.05) is 6.04 Å². The Hall–Kier alpha value is -2.00. The van der Waals surface area contributed by atoms with Gasteiger partial charge in [-0.3, -0.25) is 0 Å². The Morgan fingerprint density at radius 1 is 1.17 bits per heavy atom. The predicted octanol–water partition coefficient (Wildman–Crippen LogP) is 3.55. The van der Waals surface area contributed by atoms with Gasteiger partial charge in [-0.2, -0.15) is 0 Å². The van der Waals surface area contributed by atoms with Crippen LogP contribution in [0.2, 0.25) is 0 Å². The number of para-hydroxylation sites is 1. The molecule has 1 fully saturated rings. The number of sulfonamides is 1. The summed E-state index contributed by atoms with van der Waals surface area (Å²) in [6.45, 7) is 1.86. The Bertz CT molecular complexity index is 1030. The van der Waals surface area contributed by atoms with Crippen molar-refractivity contribution in [1.29, 1.82) is 0 Å². The molecule has 0 bridgehead atoms. The van der Waals surface area contributed by atoms with E-state index in [0.29, 0.717) is 17.5 Å². The molecule has 3 aromatic rings. The maximum atomic E-state index is 11.9. The number of fused-ring (bicyclic) bond motifs is 1. The zero-order chi connectivity index (χ0) is 20.3. The number of aromatic nitrogens is 1. The van der Waals surface area contributed by atoms with Crippen LogP contribution in [0.15, 0.2) is 48.5 Å². The highest BCUT2D eigenvalue weighted by Crippen LogP contribution is 2.31. The number of hydrogen-bond acceptors (Lipinski definition) is 6. The van der Waals surface area contributed by atoms with Crippen LogP contribution in [0, 0.1) is 5.92 Å². The predicted molar refractivity (Wildman–Crippen MR) is 117 cm³/mol. The van der Waals surface area contributed by atoms with Crippen molar-refractivity contribution in [3.05, 3.63) is 54.1 Å². The highest BCUT2D eigenvalue weighted by Gasteiger charge is 2.26. The van der Waals surface area contributed by atoms with Crippen LogP contribution in [0.25, 0.3) is 10.2 Å². The van der Waals surface area contributed by atoms with E-state index < -0.39 is 10.0 Å². The lowest BCUT2D eigenvalue weighted by Crippen LogP contribution is -2.45. The number of hydrogen-bond donors (Lipinski definition) is 2. The highest BCUT2D eigenvalue weighted by molar-refractivity contribution is 7.88. The molecule has 8 heteroatoms. The van der Waals surface area contributed by atoms with Crippen molar-refractivity contribution in [1.82, 2.24) is 15.0 Å². The summed E-state index contributed by atoms with van der Waals surface area (Å²) in [5, 5.41) is 3.95. The molecular weight excluding hydrogens is 406 g/mol. The third-order valence-electron chi connectivity index (χ3n) is 5.18. The highest BCUT2D eigenvalue weighted by atomic mass is 32.2. The molecule has 0 radical (unpaired) electrons. The number of benzene rings is 2. The minimum atomic E-state index is -3.26. The molecule has 1 aliphatic heterocycles. The van der Waals surface area contributed by atoms with Gasteiger partial charge in [0.15, 0.2) is 0 Å². The monoisotopic (exact) mass is 431 g/mol. The Morgan fingerprint density at radius 2 is 1.90 bits per heavy atom. The van der Waals surface area contributed by atoms with Gasteiger partial charge in [-0.1, -0.05) is 35.6 Å². The standard InChI is InChI=1S/C21H25N3O3S2/c1-29(25,26)24-19(16-10-12-22-13-11-16)14-15-6-8-17(9-7-15)27-21-23-18-4-2-3-5-20(18)28-21/h2-9,16,19,22,24H,10-14H2,1H3. The number of rotatable bonds is 7. The molecule has 1 atom stereocenters. The summed E-state index contributed by atoms with van der Waals surface area (Å²) in [6.07, 6.45) is 3.85.